The highest BCUT2D eigenvalue weighted by molar-refractivity contribution is 7.89. The van der Waals surface area contributed by atoms with Gasteiger partial charge in [-0.25, -0.2) is 12.8 Å². The monoisotopic (exact) mass is 330 g/mol. The Balaban J connectivity index is 3.30. The van der Waals surface area contributed by atoms with Crippen LogP contribution in [-0.2, 0) is 10.0 Å². The molecule has 120 valence electrons. The molecule has 0 aliphatic carbocycles. The second-order valence-electron chi connectivity index (χ2n) is 4.07. The van der Waals surface area contributed by atoms with Crippen molar-refractivity contribution in [3.8, 4) is 5.75 Å². The molecule has 0 spiro atoms. The zero-order valence-electron chi connectivity index (χ0n) is 11.2. The van der Waals surface area contributed by atoms with Crippen molar-refractivity contribution < 1.29 is 30.7 Å². The molecule has 1 aromatic rings. The lowest BCUT2D eigenvalue weighted by Crippen LogP contribution is -2.38. The highest BCUT2D eigenvalue weighted by atomic mass is 32.2. The molecular formula is C11H14F4N2O3S. The lowest BCUT2D eigenvalue weighted by molar-refractivity contribution is -0.135. The van der Waals surface area contributed by atoms with Crippen molar-refractivity contribution in [2.24, 2.45) is 0 Å². The predicted octanol–water partition coefficient (Wildman–Crippen LogP) is 1.99. The summed E-state index contributed by atoms with van der Waals surface area (Å²) in [6, 6.07) is 1.43. The summed E-state index contributed by atoms with van der Waals surface area (Å²) in [5.74, 6) is -1.44. The molecule has 0 aromatic heterocycles. The van der Waals surface area contributed by atoms with Gasteiger partial charge in [0.25, 0.3) is 0 Å². The third kappa shape index (κ3) is 3.97. The summed E-state index contributed by atoms with van der Waals surface area (Å²) < 4.78 is 79.8. The molecule has 0 unspecified atom stereocenters. The number of benzene rings is 1. The van der Waals surface area contributed by atoms with Crippen LogP contribution in [-0.4, -0.2) is 39.1 Å². The molecule has 0 fully saturated rings. The molecular weight excluding hydrogens is 316 g/mol. The number of methoxy groups -OCH3 is 1. The molecule has 0 aliphatic rings. The Morgan fingerprint density at radius 2 is 1.90 bits per heavy atom. The highest BCUT2D eigenvalue weighted by Gasteiger charge is 2.36. The first-order valence-electron chi connectivity index (χ1n) is 5.72. The van der Waals surface area contributed by atoms with Crippen LogP contribution in [0.5, 0.6) is 5.75 Å². The van der Waals surface area contributed by atoms with E-state index in [0.29, 0.717) is 6.07 Å². The van der Waals surface area contributed by atoms with Crippen molar-refractivity contribution in [3.63, 3.8) is 0 Å². The van der Waals surface area contributed by atoms with Gasteiger partial charge >= 0.3 is 6.18 Å². The maximum atomic E-state index is 13.6. The lowest BCUT2D eigenvalue weighted by atomic mass is 10.3. The van der Waals surface area contributed by atoms with Crippen molar-refractivity contribution in [3.05, 3.63) is 17.9 Å². The number of rotatable bonds is 5. The van der Waals surface area contributed by atoms with Gasteiger partial charge in [-0.15, -0.1) is 0 Å². The van der Waals surface area contributed by atoms with E-state index in [1.807, 2.05) is 0 Å². The molecule has 2 N–H and O–H groups in total. The largest absolute Gasteiger partial charge is 0.492 e. The molecule has 1 rings (SSSR count). The fourth-order valence-electron chi connectivity index (χ4n) is 1.67. The number of nitrogens with two attached hydrogens (primary N) is 1. The molecule has 1 aromatic carbocycles. The number of nitrogens with zero attached hydrogens (tertiary/aromatic N) is 1. The molecule has 0 amide bonds. The van der Waals surface area contributed by atoms with Crippen LogP contribution >= 0.6 is 0 Å². The van der Waals surface area contributed by atoms with Crippen molar-refractivity contribution in [1.29, 1.82) is 0 Å². The van der Waals surface area contributed by atoms with E-state index in [4.69, 9.17) is 5.73 Å². The molecule has 10 heteroatoms. The van der Waals surface area contributed by atoms with Crippen LogP contribution in [0.3, 0.4) is 0 Å². The summed E-state index contributed by atoms with van der Waals surface area (Å²) >= 11 is 0. The zero-order chi connectivity index (χ0) is 16.4. The number of sulfonamides is 1. The van der Waals surface area contributed by atoms with Gasteiger partial charge in [0.05, 0.1) is 17.7 Å². The summed E-state index contributed by atoms with van der Waals surface area (Å²) in [7, 11) is -3.39. The van der Waals surface area contributed by atoms with E-state index in [9.17, 15) is 26.0 Å². The summed E-state index contributed by atoms with van der Waals surface area (Å²) in [6.45, 7) is -0.846. The second-order valence-corrected chi connectivity index (χ2v) is 6.01. The fourth-order valence-corrected chi connectivity index (χ4v) is 3.15. The first kappa shape index (κ1) is 17.5. The van der Waals surface area contributed by atoms with E-state index in [1.165, 1.54) is 6.92 Å². The summed E-state index contributed by atoms with van der Waals surface area (Å²) in [5.41, 5.74) is 5.11. The molecule has 0 bridgehead atoms. The minimum absolute atomic E-state index is 0.188. The normalized spacial score (nSPS) is 12.7. The van der Waals surface area contributed by atoms with Gasteiger partial charge in [0, 0.05) is 6.54 Å². The van der Waals surface area contributed by atoms with Crippen molar-refractivity contribution in [1.82, 2.24) is 4.31 Å². The van der Waals surface area contributed by atoms with Crippen molar-refractivity contribution >= 4 is 15.7 Å². The van der Waals surface area contributed by atoms with Crippen LogP contribution in [0.25, 0.3) is 0 Å². The Kier molecular flexibility index (Phi) is 5.05. The topological polar surface area (TPSA) is 72.6 Å². The van der Waals surface area contributed by atoms with Crippen molar-refractivity contribution in [2.45, 2.75) is 18.0 Å². The molecule has 0 aliphatic heterocycles. The number of halogens is 4. The standard InChI is InChI=1S/C11H14F4N2O3S/c1-3-17(6-11(13,14)15)21(18,19)7-4-8(12)10(20-2)9(16)5-7/h4-5H,3,6,16H2,1-2H3. The number of alkyl halides is 3. The van der Waals surface area contributed by atoms with Gasteiger partial charge in [-0.3, -0.25) is 0 Å². The van der Waals surface area contributed by atoms with Crippen LogP contribution in [0.2, 0.25) is 0 Å². The van der Waals surface area contributed by atoms with E-state index < -0.39 is 40.0 Å². The Labute approximate surface area is 119 Å². The van der Waals surface area contributed by atoms with Gasteiger partial charge in [-0.2, -0.15) is 17.5 Å². The number of hydrogen-bond acceptors (Lipinski definition) is 4. The van der Waals surface area contributed by atoms with Crippen molar-refractivity contribution in [2.75, 3.05) is 25.9 Å². The molecule has 21 heavy (non-hydrogen) atoms. The van der Waals surface area contributed by atoms with Gasteiger partial charge in [-0.1, -0.05) is 6.92 Å². The first-order valence-corrected chi connectivity index (χ1v) is 7.16. The highest BCUT2D eigenvalue weighted by Crippen LogP contribution is 2.30. The fraction of sp³-hybridized carbons (Fsp3) is 0.455. The van der Waals surface area contributed by atoms with Gasteiger partial charge in [0.15, 0.2) is 11.6 Å². The number of hydrogen-bond donors (Lipinski definition) is 1. The smallest absolute Gasteiger partial charge is 0.402 e. The Morgan fingerprint density at radius 3 is 2.29 bits per heavy atom. The Morgan fingerprint density at radius 1 is 1.33 bits per heavy atom. The maximum absolute atomic E-state index is 13.6. The zero-order valence-corrected chi connectivity index (χ0v) is 12.1. The lowest BCUT2D eigenvalue weighted by Gasteiger charge is -2.22. The van der Waals surface area contributed by atoms with Crippen LogP contribution in [0.1, 0.15) is 6.92 Å². The number of nitrogen functional groups attached to an aromatic ring is 1. The summed E-state index contributed by atoms with van der Waals surface area (Å²) in [5, 5.41) is 0. The van der Waals surface area contributed by atoms with E-state index in [0.717, 1.165) is 13.2 Å². The van der Waals surface area contributed by atoms with Gasteiger partial charge in [-0.05, 0) is 12.1 Å². The third-order valence-corrected chi connectivity index (χ3v) is 4.49. The van der Waals surface area contributed by atoms with Gasteiger partial charge in [0.1, 0.15) is 6.54 Å². The SMILES string of the molecule is CCN(CC(F)(F)F)S(=O)(=O)c1cc(N)c(OC)c(F)c1. The molecule has 0 saturated heterocycles. The van der Waals surface area contributed by atoms with Crippen LogP contribution in [0.15, 0.2) is 17.0 Å². The Hall–Kier alpha value is -1.55. The quantitative estimate of drug-likeness (QED) is 0.662. The van der Waals surface area contributed by atoms with E-state index in [1.54, 1.807) is 0 Å². The summed E-state index contributed by atoms with van der Waals surface area (Å²) in [6.07, 6.45) is -4.71. The van der Waals surface area contributed by atoms with Crippen LogP contribution < -0.4 is 10.5 Å². The van der Waals surface area contributed by atoms with E-state index in [2.05, 4.69) is 4.74 Å². The molecule has 5 nitrogen and oxygen atoms in total. The van der Waals surface area contributed by atoms with Gasteiger partial charge in [0.2, 0.25) is 10.0 Å². The molecule has 0 saturated carbocycles. The van der Waals surface area contributed by atoms with Crippen LogP contribution in [0, 0.1) is 5.82 Å². The number of ether oxygens (including phenoxy) is 1. The van der Waals surface area contributed by atoms with Gasteiger partial charge < -0.3 is 10.5 Å². The first-order chi connectivity index (χ1) is 9.52. The average Bonchev–Trinajstić information content (AvgIpc) is 2.34. The van der Waals surface area contributed by atoms with Crippen LogP contribution in [0.4, 0.5) is 23.2 Å². The predicted molar refractivity (Wildman–Crippen MR) is 67.9 cm³/mol. The minimum Gasteiger partial charge on any atom is -0.492 e. The van der Waals surface area contributed by atoms with E-state index >= 15 is 0 Å². The maximum Gasteiger partial charge on any atom is 0.402 e. The third-order valence-electron chi connectivity index (χ3n) is 2.60. The average molecular weight is 330 g/mol. The molecule has 0 atom stereocenters. The molecule has 0 heterocycles. The number of anilines is 1. The second kappa shape index (κ2) is 6.06. The van der Waals surface area contributed by atoms with E-state index in [-0.39, 0.29) is 15.7 Å². The minimum atomic E-state index is -4.71. The summed E-state index contributed by atoms with van der Waals surface area (Å²) in [4.78, 5) is -0.663. The Bertz CT molecular complexity index is 593. The molecule has 0 radical (unpaired) electrons.